The maximum absolute atomic E-state index is 13.7. The molecule has 0 atom stereocenters. The molecular formula is C11H15F2N3O3. The standard InChI is InChI=1S/C11H15F2N3O3/c1-15(2)4-3-5-19-11-7(12)6-8(16(17)18)10(14)9(11)13/h6H,3-5,14H2,1-2H3. The molecule has 0 saturated carbocycles. The molecule has 0 amide bonds. The van der Waals surface area contributed by atoms with Gasteiger partial charge < -0.3 is 15.4 Å². The smallest absolute Gasteiger partial charge is 0.298 e. The van der Waals surface area contributed by atoms with E-state index in [2.05, 4.69) is 0 Å². The first-order chi connectivity index (χ1) is 8.84. The van der Waals surface area contributed by atoms with Crippen LogP contribution in [0.15, 0.2) is 6.07 Å². The monoisotopic (exact) mass is 275 g/mol. The summed E-state index contributed by atoms with van der Waals surface area (Å²) in [5, 5.41) is 10.5. The van der Waals surface area contributed by atoms with Crippen molar-refractivity contribution >= 4 is 11.4 Å². The minimum Gasteiger partial charge on any atom is -0.488 e. The lowest BCUT2D eigenvalue weighted by atomic mass is 10.2. The summed E-state index contributed by atoms with van der Waals surface area (Å²) in [6.07, 6.45) is 0.558. The van der Waals surface area contributed by atoms with Crippen LogP contribution in [0, 0.1) is 21.7 Å². The number of rotatable bonds is 6. The number of nitro benzene ring substituents is 1. The molecule has 0 unspecified atom stereocenters. The van der Waals surface area contributed by atoms with Crippen LogP contribution >= 0.6 is 0 Å². The molecular weight excluding hydrogens is 260 g/mol. The minimum atomic E-state index is -1.24. The summed E-state index contributed by atoms with van der Waals surface area (Å²) in [5.41, 5.74) is 3.70. The second-order valence-corrected chi connectivity index (χ2v) is 4.20. The molecule has 106 valence electrons. The lowest BCUT2D eigenvalue weighted by molar-refractivity contribution is -0.384. The van der Waals surface area contributed by atoms with Gasteiger partial charge in [0.2, 0.25) is 0 Å². The molecule has 1 aromatic carbocycles. The second-order valence-electron chi connectivity index (χ2n) is 4.20. The average molecular weight is 275 g/mol. The van der Waals surface area contributed by atoms with Crippen molar-refractivity contribution in [2.24, 2.45) is 0 Å². The Morgan fingerprint density at radius 1 is 1.47 bits per heavy atom. The van der Waals surface area contributed by atoms with Gasteiger partial charge >= 0.3 is 0 Å². The first-order valence-electron chi connectivity index (χ1n) is 5.54. The summed E-state index contributed by atoms with van der Waals surface area (Å²) in [6.45, 7) is 0.773. The number of anilines is 1. The van der Waals surface area contributed by atoms with Gasteiger partial charge in [0, 0.05) is 6.54 Å². The number of nitrogen functional groups attached to an aromatic ring is 1. The first kappa shape index (κ1) is 15.1. The van der Waals surface area contributed by atoms with E-state index in [9.17, 15) is 18.9 Å². The van der Waals surface area contributed by atoms with E-state index in [1.165, 1.54) is 0 Å². The quantitative estimate of drug-likeness (QED) is 0.370. The Morgan fingerprint density at radius 2 is 2.11 bits per heavy atom. The van der Waals surface area contributed by atoms with E-state index in [4.69, 9.17) is 10.5 Å². The Morgan fingerprint density at radius 3 is 2.63 bits per heavy atom. The highest BCUT2D eigenvalue weighted by molar-refractivity contribution is 5.62. The van der Waals surface area contributed by atoms with Gasteiger partial charge in [-0.3, -0.25) is 10.1 Å². The van der Waals surface area contributed by atoms with E-state index < -0.39 is 33.7 Å². The molecule has 6 nitrogen and oxygen atoms in total. The molecule has 0 heterocycles. The Hall–Kier alpha value is -1.96. The Balaban J connectivity index is 2.85. The van der Waals surface area contributed by atoms with Crippen molar-refractivity contribution in [1.82, 2.24) is 4.90 Å². The topological polar surface area (TPSA) is 81.6 Å². The first-order valence-corrected chi connectivity index (χ1v) is 5.54. The highest BCUT2D eigenvalue weighted by Crippen LogP contribution is 2.33. The molecule has 0 radical (unpaired) electrons. The Kier molecular flexibility index (Phi) is 4.99. The maximum Gasteiger partial charge on any atom is 0.298 e. The van der Waals surface area contributed by atoms with Crippen molar-refractivity contribution in [3.05, 3.63) is 27.8 Å². The molecule has 2 N–H and O–H groups in total. The van der Waals surface area contributed by atoms with Crippen LogP contribution in [-0.4, -0.2) is 37.1 Å². The van der Waals surface area contributed by atoms with Gasteiger partial charge in [0.05, 0.1) is 17.6 Å². The molecule has 19 heavy (non-hydrogen) atoms. The lowest BCUT2D eigenvalue weighted by Crippen LogP contribution is -2.16. The molecule has 0 saturated heterocycles. The van der Waals surface area contributed by atoms with E-state index in [0.29, 0.717) is 19.0 Å². The number of hydrogen-bond donors (Lipinski definition) is 1. The summed E-state index contributed by atoms with van der Waals surface area (Å²) in [5.74, 6) is -3.05. The SMILES string of the molecule is CN(C)CCCOc1c(F)cc([N+](=O)[O-])c(N)c1F. The van der Waals surface area contributed by atoms with Gasteiger partial charge in [-0.05, 0) is 20.5 Å². The summed E-state index contributed by atoms with van der Waals surface area (Å²) >= 11 is 0. The van der Waals surface area contributed by atoms with Gasteiger partial charge in [0.15, 0.2) is 23.1 Å². The van der Waals surface area contributed by atoms with Crippen LogP contribution in [0.2, 0.25) is 0 Å². The average Bonchev–Trinajstić information content (AvgIpc) is 2.32. The van der Waals surface area contributed by atoms with Gasteiger partial charge in [0.1, 0.15) is 0 Å². The van der Waals surface area contributed by atoms with E-state index in [1.807, 2.05) is 19.0 Å². The molecule has 8 heteroatoms. The lowest BCUT2D eigenvalue weighted by Gasteiger charge is -2.12. The number of halogens is 2. The number of nitro groups is 1. The fraction of sp³-hybridized carbons (Fsp3) is 0.455. The summed E-state index contributed by atoms with van der Waals surface area (Å²) in [7, 11) is 3.70. The summed E-state index contributed by atoms with van der Waals surface area (Å²) in [6, 6.07) is 0.555. The van der Waals surface area contributed by atoms with Crippen molar-refractivity contribution in [2.75, 3.05) is 33.0 Å². The predicted molar refractivity (Wildman–Crippen MR) is 66.1 cm³/mol. The molecule has 0 aromatic heterocycles. The fourth-order valence-corrected chi connectivity index (χ4v) is 1.44. The van der Waals surface area contributed by atoms with Crippen LogP contribution in [-0.2, 0) is 0 Å². The van der Waals surface area contributed by atoms with Crippen LogP contribution in [0.3, 0.4) is 0 Å². The number of nitrogens with two attached hydrogens (primary N) is 1. The van der Waals surface area contributed by atoms with Crippen molar-refractivity contribution in [3.8, 4) is 5.75 Å². The van der Waals surface area contributed by atoms with E-state index in [1.54, 1.807) is 0 Å². The summed E-state index contributed by atoms with van der Waals surface area (Å²) < 4.78 is 32.1. The van der Waals surface area contributed by atoms with Crippen LogP contribution in [0.25, 0.3) is 0 Å². The Labute approximate surface area is 108 Å². The maximum atomic E-state index is 13.7. The predicted octanol–water partition coefficient (Wildman–Crippen LogP) is 1.79. The highest BCUT2D eigenvalue weighted by Gasteiger charge is 2.24. The molecule has 0 aliphatic rings. The largest absolute Gasteiger partial charge is 0.488 e. The van der Waals surface area contributed by atoms with Crippen molar-refractivity contribution < 1.29 is 18.4 Å². The van der Waals surface area contributed by atoms with Crippen LogP contribution in [0.5, 0.6) is 5.75 Å². The van der Waals surface area contributed by atoms with Gasteiger partial charge in [-0.1, -0.05) is 0 Å². The van der Waals surface area contributed by atoms with Gasteiger partial charge in [-0.15, -0.1) is 0 Å². The third-order valence-corrected chi connectivity index (χ3v) is 2.38. The zero-order chi connectivity index (χ0) is 14.6. The van der Waals surface area contributed by atoms with E-state index in [-0.39, 0.29) is 6.61 Å². The zero-order valence-electron chi connectivity index (χ0n) is 10.7. The van der Waals surface area contributed by atoms with Crippen LogP contribution in [0.4, 0.5) is 20.2 Å². The van der Waals surface area contributed by atoms with Crippen molar-refractivity contribution in [2.45, 2.75) is 6.42 Å². The normalized spacial score (nSPS) is 10.8. The van der Waals surface area contributed by atoms with Crippen molar-refractivity contribution in [3.63, 3.8) is 0 Å². The molecule has 0 aliphatic carbocycles. The van der Waals surface area contributed by atoms with Crippen LogP contribution in [0.1, 0.15) is 6.42 Å². The number of benzene rings is 1. The van der Waals surface area contributed by atoms with Crippen molar-refractivity contribution in [1.29, 1.82) is 0 Å². The number of hydrogen-bond acceptors (Lipinski definition) is 5. The third kappa shape index (κ3) is 3.75. The van der Waals surface area contributed by atoms with Gasteiger partial charge in [-0.2, -0.15) is 0 Å². The second kappa shape index (κ2) is 6.28. The number of nitrogens with zero attached hydrogens (tertiary/aromatic N) is 2. The number of ether oxygens (including phenoxy) is 1. The molecule has 0 fully saturated rings. The zero-order valence-corrected chi connectivity index (χ0v) is 10.7. The molecule has 1 aromatic rings. The molecule has 0 spiro atoms. The molecule has 1 rings (SSSR count). The molecule has 0 bridgehead atoms. The highest BCUT2D eigenvalue weighted by atomic mass is 19.1. The van der Waals surface area contributed by atoms with Crippen LogP contribution < -0.4 is 10.5 Å². The van der Waals surface area contributed by atoms with E-state index in [0.717, 1.165) is 0 Å². The fourth-order valence-electron chi connectivity index (χ4n) is 1.44. The van der Waals surface area contributed by atoms with Gasteiger partial charge in [0.25, 0.3) is 5.69 Å². The van der Waals surface area contributed by atoms with Gasteiger partial charge in [-0.25, -0.2) is 8.78 Å². The summed E-state index contributed by atoms with van der Waals surface area (Å²) in [4.78, 5) is 11.5. The minimum absolute atomic E-state index is 0.0866. The Bertz CT molecular complexity index is 481. The molecule has 0 aliphatic heterocycles. The van der Waals surface area contributed by atoms with E-state index >= 15 is 0 Å². The third-order valence-electron chi connectivity index (χ3n) is 2.38.